The van der Waals surface area contributed by atoms with Crippen LogP contribution in [0.4, 0.5) is 10.1 Å². The molecule has 32 heavy (non-hydrogen) atoms. The molecule has 3 aliphatic heterocycles. The van der Waals surface area contributed by atoms with Crippen molar-refractivity contribution in [1.82, 2.24) is 10.2 Å². The highest BCUT2D eigenvalue weighted by atomic mass is 19.1. The maximum atomic E-state index is 14.9. The maximum Gasteiger partial charge on any atom is 0.264 e. The minimum absolute atomic E-state index is 0.00837. The van der Waals surface area contributed by atoms with E-state index >= 15 is 0 Å². The lowest BCUT2D eigenvalue weighted by Gasteiger charge is -2.42. The Morgan fingerprint density at radius 2 is 1.78 bits per heavy atom. The zero-order valence-corrected chi connectivity index (χ0v) is 17.6. The number of nitrogens with one attached hydrogen (secondary N) is 1. The molecule has 2 fully saturated rings. The van der Waals surface area contributed by atoms with Crippen molar-refractivity contribution in [2.45, 2.75) is 32.2 Å². The highest BCUT2D eigenvalue weighted by Crippen LogP contribution is 2.39. The fraction of sp³-hybridized carbons (Fsp3) is 0.333. The number of nitrogens with zero attached hydrogens (tertiary/aromatic N) is 2. The predicted molar refractivity (Wildman–Crippen MR) is 114 cm³/mol. The van der Waals surface area contributed by atoms with Gasteiger partial charge in [-0.05, 0) is 48.9 Å². The third-order valence-corrected chi connectivity index (χ3v) is 6.58. The number of anilines is 1. The van der Waals surface area contributed by atoms with Crippen LogP contribution in [0.5, 0.6) is 0 Å². The Balaban J connectivity index is 1.39. The second-order valence-electron chi connectivity index (χ2n) is 8.67. The van der Waals surface area contributed by atoms with E-state index in [1.807, 2.05) is 12.1 Å². The number of amides is 4. The fourth-order valence-electron chi connectivity index (χ4n) is 4.86. The first-order chi connectivity index (χ1) is 15.3. The van der Waals surface area contributed by atoms with Crippen molar-refractivity contribution in [3.63, 3.8) is 0 Å². The molecule has 0 aliphatic carbocycles. The highest BCUT2D eigenvalue weighted by molar-refractivity contribution is 6.25. The minimum atomic E-state index is -1.07. The van der Waals surface area contributed by atoms with Crippen LogP contribution in [-0.4, -0.2) is 47.7 Å². The van der Waals surface area contributed by atoms with Crippen molar-refractivity contribution in [1.29, 1.82) is 0 Å². The molecular formula is C24H22FN3O4. The summed E-state index contributed by atoms with van der Waals surface area (Å²) in [5.74, 6) is -2.68. The van der Waals surface area contributed by atoms with E-state index in [2.05, 4.69) is 24.4 Å². The zero-order valence-electron chi connectivity index (χ0n) is 17.6. The first-order valence-electron chi connectivity index (χ1n) is 10.7. The molecular weight excluding hydrogens is 413 g/mol. The molecule has 4 amide bonds. The highest BCUT2D eigenvalue weighted by Gasteiger charge is 2.47. The topological polar surface area (TPSA) is 86.8 Å². The molecule has 2 aromatic rings. The molecule has 0 radical (unpaired) electrons. The van der Waals surface area contributed by atoms with Gasteiger partial charge < -0.3 is 4.90 Å². The SMILES string of the molecule is Cc1ccccc1CC1CN(c2c(F)ccc3c2C(=O)N(C2CCC(=O)NC2=O)C3=O)C1. The molecule has 1 N–H and O–H groups in total. The molecule has 3 heterocycles. The number of piperidine rings is 1. The van der Waals surface area contributed by atoms with Crippen molar-refractivity contribution in [2.24, 2.45) is 5.92 Å². The van der Waals surface area contributed by atoms with Crippen molar-refractivity contribution in [3.05, 3.63) is 64.5 Å². The van der Waals surface area contributed by atoms with Gasteiger partial charge in [-0.1, -0.05) is 24.3 Å². The number of halogens is 1. The largest absolute Gasteiger partial charge is 0.368 e. The van der Waals surface area contributed by atoms with E-state index in [0.717, 1.165) is 11.3 Å². The smallest absolute Gasteiger partial charge is 0.264 e. The van der Waals surface area contributed by atoms with Gasteiger partial charge in [0.15, 0.2) is 0 Å². The average molecular weight is 435 g/mol. The van der Waals surface area contributed by atoms with Crippen LogP contribution in [0.25, 0.3) is 0 Å². The number of aryl methyl sites for hydroxylation is 1. The quantitative estimate of drug-likeness (QED) is 0.745. The first kappa shape index (κ1) is 20.4. The Morgan fingerprint density at radius 3 is 2.50 bits per heavy atom. The number of rotatable bonds is 4. The summed E-state index contributed by atoms with van der Waals surface area (Å²) in [5, 5.41) is 2.17. The van der Waals surface area contributed by atoms with Gasteiger partial charge in [-0.25, -0.2) is 4.39 Å². The summed E-state index contributed by atoms with van der Waals surface area (Å²) < 4.78 is 14.9. The van der Waals surface area contributed by atoms with E-state index in [4.69, 9.17) is 0 Å². The van der Waals surface area contributed by atoms with Crippen molar-refractivity contribution in [2.75, 3.05) is 18.0 Å². The van der Waals surface area contributed by atoms with Crippen LogP contribution in [0.15, 0.2) is 36.4 Å². The van der Waals surface area contributed by atoms with Crippen LogP contribution >= 0.6 is 0 Å². The lowest BCUT2D eigenvalue weighted by atomic mass is 9.89. The molecule has 5 rings (SSSR count). The molecule has 2 aromatic carbocycles. The van der Waals surface area contributed by atoms with Gasteiger partial charge in [0.05, 0.1) is 16.8 Å². The van der Waals surface area contributed by atoms with Crippen LogP contribution in [0, 0.1) is 18.7 Å². The summed E-state index contributed by atoms with van der Waals surface area (Å²) in [6.07, 6.45) is 0.961. The van der Waals surface area contributed by atoms with Gasteiger partial charge in [0.25, 0.3) is 11.8 Å². The lowest BCUT2D eigenvalue weighted by molar-refractivity contribution is -0.136. The van der Waals surface area contributed by atoms with Crippen LogP contribution < -0.4 is 10.2 Å². The Hall–Kier alpha value is -3.55. The van der Waals surface area contributed by atoms with Gasteiger partial charge in [-0.3, -0.25) is 29.4 Å². The summed E-state index contributed by atoms with van der Waals surface area (Å²) >= 11 is 0. The number of carbonyl (C=O) groups excluding carboxylic acids is 4. The molecule has 164 valence electrons. The van der Waals surface area contributed by atoms with E-state index in [9.17, 15) is 23.6 Å². The lowest BCUT2D eigenvalue weighted by Crippen LogP contribution is -2.54. The summed E-state index contributed by atoms with van der Waals surface area (Å²) in [7, 11) is 0. The standard InChI is InChI=1S/C24H22FN3O4/c1-13-4-2-3-5-15(13)10-14-11-27(12-14)21-17(25)7-6-16-20(21)24(32)28(23(16)31)18-8-9-19(29)26-22(18)30/h2-7,14,18H,8-12H2,1H3,(H,26,29,30). The van der Waals surface area contributed by atoms with Crippen LogP contribution in [-0.2, 0) is 16.0 Å². The third kappa shape index (κ3) is 3.18. The fourth-order valence-corrected chi connectivity index (χ4v) is 4.86. The molecule has 0 bridgehead atoms. The van der Waals surface area contributed by atoms with Crippen LogP contribution in [0.2, 0.25) is 0 Å². The molecule has 0 saturated carbocycles. The van der Waals surface area contributed by atoms with E-state index in [0.29, 0.717) is 19.0 Å². The van der Waals surface area contributed by atoms with Crippen LogP contribution in [0.1, 0.15) is 44.7 Å². The second kappa shape index (κ2) is 7.55. The number of benzene rings is 2. The monoisotopic (exact) mass is 435 g/mol. The van der Waals surface area contributed by atoms with Gasteiger partial charge in [0.1, 0.15) is 11.9 Å². The molecule has 2 saturated heterocycles. The van der Waals surface area contributed by atoms with Crippen molar-refractivity contribution < 1.29 is 23.6 Å². The molecule has 1 unspecified atom stereocenters. The third-order valence-electron chi connectivity index (χ3n) is 6.58. The zero-order chi connectivity index (χ0) is 22.6. The number of hydrogen-bond acceptors (Lipinski definition) is 5. The van der Waals surface area contributed by atoms with Crippen molar-refractivity contribution in [3.8, 4) is 0 Å². The van der Waals surface area contributed by atoms with Gasteiger partial charge >= 0.3 is 0 Å². The Labute approximate surface area is 184 Å². The first-order valence-corrected chi connectivity index (χ1v) is 10.7. The van der Waals surface area contributed by atoms with E-state index in [1.54, 1.807) is 4.90 Å². The Morgan fingerprint density at radius 1 is 1.03 bits per heavy atom. The number of fused-ring (bicyclic) bond motifs is 1. The summed E-state index contributed by atoms with van der Waals surface area (Å²) in [6, 6.07) is 9.55. The molecule has 0 aromatic heterocycles. The van der Waals surface area contributed by atoms with E-state index in [1.165, 1.54) is 23.3 Å². The molecule has 3 aliphatic rings. The minimum Gasteiger partial charge on any atom is -0.368 e. The number of hydrogen-bond donors (Lipinski definition) is 1. The summed E-state index contributed by atoms with van der Waals surface area (Å²) in [6.45, 7) is 3.20. The number of carbonyl (C=O) groups is 4. The van der Waals surface area contributed by atoms with Gasteiger partial charge in [-0.15, -0.1) is 0 Å². The normalized spacial score (nSPS) is 21.0. The second-order valence-corrected chi connectivity index (χ2v) is 8.67. The summed E-state index contributed by atoms with van der Waals surface area (Å²) in [4.78, 5) is 52.6. The molecule has 8 heteroatoms. The van der Waals surface area contributed by atoms with E-state index < -0.39 is 35.5 Å². The Kier molecular flexibility index (Phi) is 4.80. The predicted octanol–water partition coefficient (Wildman–Crippen LogP) is 2.21. The van der Waals surface area contributed by atoms with Gasteiger partial charge in [0, 0.05) is 19.5 Å². The average Bonchev–Trinajstić information content (AvgIpc) is 2.97. The van der Waals surface area contributed by atoms with Crippen LogP contribution in [0.3, 0.4) is 0 Å². The summed E-state index contributed by atoms with van der Waals surface area (Å²) in [5.41, 5.74) is 2.67. The molecule has 0 spiro atoms. The van der Waals surface area contributed by atoms with Gasteiger partial charge in [0.2, 0.25) is 11.8 Å². The Bertz CT molecular complexity index is 1170. The van der Waals surface area contributed by atoms with Gasteiger partial charge in [-0.2, -0.15) is 0 Å². The van der Waals surface area contributed by atoms with E-state index in [-0.39, 0.29) is 29.7 Å². The maximum absolute atomic E-state index is 14.9. The number of imide groups is 2. The molecule has 1 atom stereocenters. The van der Waals surface area contributed by atoms with Crippen molar-refractivity contribution >= 4 is 29.3 Å². The molecule has 7 nitrogen and oxygen atoms in total.